The number of rotatable bonds is 7. The normalized spacial score (nSPS) is 16.5. The molecule has 2 fully saturated rings. The number of amides is 1. The number of carboxylic acid groups (broad SMARTS) is 1. The van der Waals surface area contributed by atoms with Crippen LogP contribution in [0.2, 0.25) is 0 Å². The van der Waals surface area contributed by atoms with Crippen LogP contribution in [0.1, 0.15) is 23.3 Å². The summed E-state index contributed by atoms with van der Waals surface area (Å²) in [6.07, 6.45) is -1.25. The minimum Gasteiger partial charge on any atom is -0.477 e. The van der Waals surface area contributed by atoms with Crippen LogP contribution < -0.4 is 15.6 Å². The molecule has 0 unspecified atom stereocenters. The van der Waals surface area contributed by atoms with Gasteiger partial charge in [0.15, 0.2) is 5.75 Å². The third-order valence-corrected chi connectivity index (χ3v) is 7.55. The predicted octanol–water partition coefficient (Wildman–Crippen LogP) is 3.85. The Hall–Kier alpha value is -4.82. The molecule has 2 aromatic heterocycles. The van der Waals surface area contributed by atoms with Crippen molar-refractivity contribution in [1.82, 2.24) is 19.4 Å². The molecule has 1 aliphatic heterocycles. The third kappa shape index (κ3) is 5.66. The fraction of sp³-hybridized carbons (Fsp3) is 0.276. The molecule has 222 valence electrons. The summed E-state index contributed by atoms with van der Waals surface area (Å²) in [5.74, 6) is -2.23. The Morgan fingerprint density at radius 3 is 2.40 bits per heavy atom. The van der Waals surface area contributed by atoms with E-state index in [4.69, 9.17) is 9.84 Å². The van der Waals surface area contributed by atoms with Crippen LogP contribution in [0.4, 0.5) is 18.9 Å². The lowest BCUT2D eigenvalue weighted by Crippen LogP contribution is -2.51. The standard InChI is InChI=1S/C29H24F3N5O6/c30-29(31,32)43-24-6-3-19(14-23(24)35-27(41)28(7-8-28)36-9-11-42-12-10-36)37-16-34-22-13-17(1-4-20(22)25(37)38)18-2-5-21(26(39)40)33-15-18/h1-6,13-16H,7-12H2,(H,35,41)(H,39,40). The lowest BCUT2D eigenvalue weighted by atomic mass is 10.1. The van der Waals surface area contributed by atoms with E-state index < -0.39 is 35.1 Å². The largest absolute Gasteiger partial charge is 0.573 e. The van der Waals surface area contributed by atoms with E-state index in [1.54, 1.807) is 24.3 Å². The van der Waals surface area contributed by atoms with E-state index in [9.17, 15) is 27.6 Å². The Bertz CT molecular complexity index is 1780. The second kappa shape index (κ2) is 10.8. The van der Waals surface area contributed by atoms with Crippen LogP contribution in [-0.2, 0) is 9.53 Å². The molecule has 11 nitrogen and oxygen atoms in total. The van der Waals surface area contributed by atoms with E-state index in [0.717, 1.165) is 10.6 Å². The maximum Gasteiger partial charge on any atom is 0.573 e. The summed E-state index contributed by atoms with van der Waals surface area (Å²) in [4.78, 5) is 48.1. The molecule has 0 spiro atoms. The molecule has 14 heteroatoms. The Balaban J connectivity index is 1.33. The van der Waals surface area contributed by atoms with Crippen molar-refractivity contribution >= 4 is 28.5 Å². The summed E-state index contributed by atoms with van der Waals surface area (Å²) < 4.78 is 50.4. The number of fused-ring (bicyclic) bond motifs is 1. The van der Waals surface area contributed by atoms with Gasteiger partial charge in [0.05, 0.1) is 35.5 Å². The number of benzene rings is 2. The first kappa shape index (κ1) is 28.3. The average molecular weight is 596 g/mol. The van der Waals surface area contributed by atoms with Gasteiger partial charge in [0.25, 0.3) is 5.56 Å². The van der Waals surface area contributed by atoms with Crippen LogP contribution in [0.25, 0.3) is 27.7 Å². The Kier molecular flexibility index (Phi) is 7.10. The van der Waals surface area contributed by atoms with Crippen LogP contribution in [0, 0.1) is 0 Å². The van der Waals surface area contributed by atoms with Crippen molar-refractivity contribution in [3.05, 3.63) is 77.1 Å². The molecule has 2 aromatic carbocycles. The van der Waals surface area contributed by atoms with Gasteiger partial charge in [0.2, 0.25) is 5.91 Å². The van der Waals surface area contributed by atoms with E-state index in [-0.39, 0.29) is 22.5 Å². The number of alkyl halides is 3. The quantitative estimate of drug-likeness (QED) is 0.327. The van der Waals surface area contributed by atoms with Crippen molar-refractivity contribution in [2.45, 2.75) is 24.7 Å². The zero-order valence-electron chi connectivity index (χ0n) is 22.4. The first-order valence-electron chi connectivity index (χ1n) is 13.3. The molecule has 1 saturated carbocycles. The fourth-order valence-electron chi connectivity index (χ4n) is 5.19. The topological polar surface area (TPSA) is 136 Å². The molecule has 4 aromatic rings. The van der Waals surface area contributed by atoms with Gasteiger partial charge in [-0.3, -0.25) is 19.1 Å². The van der Waals surface area contributed by atoms with Gasteiger partial charge in [-0.1, -0.05) is 12.1 Å². The van der Waals surface area contributed by atoms with Gasteiger partial charge in [-0.25, -0.2) is 14.8 Å². The molecule has 0 radical (unpaired) electrons. The van der Waals surface area contributed by atoms with E-state index in [1.165, 1.54) is 30.7 Å². The fourth-order valence-corrected chi connectivity index (χ4v) is 5.19. The van der Waals surface area contributed by atoms with E-state index in [2.05, 4.69) is 20.0 Å². The zero-order valence-corrected chi connectivity index (χ0v) is 22.4. The second-order valence-electron chi connectivity index (χ2n) is 10.2. The number of halogens is 3. The van der Waals surface area contributed by atoms with Gasteiger partial charge in [-0.15, -0.1) is 13.2 Å². The van der Waals surface area contributed by atoms with Crippen LogP contribution in [-0.4, -0.2) is 74.6 Å². The van der Waals surface area contributed by atoms with Gasteiger partial charge in [0.1, 0.15) is 17.6 Å². The van der Waals surface area contributed by atoms with Crippen LogP contribution in [0.15, 0.2) is 65.8 Å². The molecule has 3 heterocycles. The smallest absolute Gasteiger partial charge is 0.477 e. The Morgan fingerprint density at radius 1 is 1.00 bits per heavy atom. The molecular formula is C29H24F3N5O6. The molecule has 1 amide bonds. The monoisotopic (exact) mass is 595 g/mol. The van der Waals surface area contributed by atoms with E-state index in [1.807, 2.05) is 4.90 Å². The Labute approximate surface area is 241 Å². The number of ether oxygens (including phenoxy) is 2. The lowest BCUT2D eigenvalue weighted by molar-refractivity contribution is -0.274. The predicted molar refractivity (Wildman–Crippen MR) is 147 cm³/mol. The summed E-state index contributed by atoms with van der Waals surface area (Å²) >= 11 is 0. The lowest BCUT2D eigenvalue weighted by Gasteiger charge is -2.34. The van der Waals surface area contributed by atoms with Crippen molar-refractivity contribution in [3.63, 3.8) is 0 Å². The minimum absolute atomic E-state index is 0.110. The number of morpholine rings is 1. The number of pyridine rings is 1. The number of nitrogens with one attached hydrogen (secondary N) is 1. The summed E-state index contributed by atoms with van der Waals surface area (Å²) in [7, 11) is 0. The summed E-state index contributed by atoms with van der Waals surface area (Å²) in [6.45, 7) is 1.98. The first-order chi connectivity index (χ1) is 20.5. The van der Waals surface area contributed by atoms with Gasteiger partial charge >= 0.3 is 12.3 Å². The van der Waals surface area contributed by atoms with Crippen LogP contribution >= 0.6 is 0 Å². The molecular weight excluding hydrogens is 571 g/mol. The molecule has 0 bridgehead atoms. The van der Waals surface area contributed by atoms with Gasteiger partial charge in [-0.05, 0) is 54.8 Å². The molecule has 6 rings (SSSR count). The highest BCUT2D eigenvalue weighted by Crippen LogP contribution is 2.44. The molecule has 2 aliphatic rings. The Morgan fingerprint density at radius 2 is 1.74 bits per heavy atom. The summed E-state index contributed by atoms with van der Waals surface area (Å²) in [5.41, 5.74) is 0.0896. The van der Waals surface area contributed by atoms with Gasteiger partial charge in [0, 0.05) is 24.8 Å². The number of carbonyl (C=O) groups excluding carboxylic acids is 1. The number of carboxylic acids is 1. The highest BCUT2D eigenvalue weighted by Gasteiger charge is 2.54. The van der Waals surface area contributed by atoms with Gasteiger partial charge in [-0.2, -0.15) is 0 Å². The molecule has 0 atom stereocenters. The zero-order chi connectivity index (χ0) is 30.4. The molecule has 1 aliphatic carbocycles. The van der Waals surface area contributed by atoms with Crippen LogP contribution in [0.3, 0.4) is 0 Å². The highest BCUT2D eigenvalue weighted by molar-refractivity contribution is 6.01. The van der Waals surface area contributed by atoms with Crippen molar-refractivity contribution in [1.29, 1.82) is 0 Å². The van der Waals surface area contributed by atoms with Crippen molar-refractivity contribution in [3.8, 4) is 22.6 Å². The molecule has 43 heavy (non-hydrogen) atoms. The number of aromatic carboxylic acids is 1. The van der Waals surface area contributed by atoms with Crippen molar-refractivity contribution in [2.24, 2.45) is 0 Å². The number of hydrogen-bond donors (Lipinski definition) is 2. The third-order valence-electron chi connectivity index (χ3n) is 7.55. The summed E-state index contributed by atoms with van der Waals surface area (Å²) in [6, 6.07) is 11.3. The summed E-state index contributed by atoms with van der Waals surface area (Å²) in [5, 5.41) is 11.9. The molecule has 2 N–H and O–H groups in total. The number of nitrogens with zero attached hydrogens (tertiary/aromatic N) is 4. The molecule has 1 saturated heterocycles. The number of aromatic nitrogens is 3. The van der Waals surface area contributed by atoms with Crippen molar-refractivity contribution in [2.75, 3.05) is 31.6 Å². The van der Waals surface area contributed by atoms with E-state index >= 15 is 0 Å². The SMILES string of the molecule is O=C(O)c1ccc(-c2ccc3c(=O)n(-c4ccc(OC(F)(F)F)c(NC(=O)C5(N6CCOCC6)CC5)c4)cnc3c2)cn1. The minimum atomic E-state index is -5.01. The first-order valence-corrected chi connectivity index (χ1v) is 13.3. The maximum absolute atomic E-state index is 13.4. The van der Waals surface area contributed by atoms with E-state index in [0.29, 0.717) is 55.8 Å². The number of hydrogen-bond acceptors (Lipinski definition) is 8. The van der Waals surface area contributed by atoms with Crippen molar-refractivity contribution < 1.29 is 37.3 Å². The van der Waals surface area contributed by atoms with Crippen LogP contribution in [0.5, 0.6) is 5.75 Å². The number of anilines is 1. The maximum atomic E-state index is 13.4. The average Bonchev–Trinajstić information content (AvgIpc) is 3.80. The second-order valence-corrected chi connectivity index (χ2v) is 10.2. The highest BCUT2D eigenvalue weighted by atomic mass is 19.4. The van der Waals surface area contributed by atoms with Gasteiger partial charge < -0.3 is 19.9 Å². The number of carbonyl (C=O) groups is 2.